The molecule has 0 radical (unpaired) electrons. The normalized spacial score (nSPS) is 14.5. The van der Waals surface area contributed by atoms with Crippen molar-refractivity contribution in [2.75, 3.05) is 0 Å². The van der Waals surface area contributed by atoms with E-state index >= 15 is 0 Å². The molecule has 1 unspecified atom stereocenters. The smallest absolute Gasteiger partial charge is 0.160 e. The third kappa shape index (κ3) is 4.91. The first-order valence-corrected chi connectivity index (χ1v) is 16.2. The maximum atomic E-state index is 5.20. The number of nitrogens with one attached hydrogen (secondary N) is 1. The summed E-state index contributed by atoms with van der Waals surface area (Å²) in [6.07, 6.45) is -0.264. The Hall–Kier alpha value is -6.39. The second-order valence-electron chi connectivity index (χ2n) is 12.0. The number of rotatable bonds is 5. The predicted molar refractivity (Wildman–Crippen MR) is 199 cm³/mol. The Morgan fingerprint density at radius 2 is 1.08 bits per heavy atom. The number of pyridine rings is 1. The summed E-state index contributed by atoms with van der Waals surface area (Å²) in [5, 5.41) is 9.40. The molecule has 1 aliphatic rings. The highest BCUT2D eigenvalue weighted by Crippen LogP contribution is 2.36. The minimum absolute atomic E-state index is 0.264. The molecule has 48 heavy (non-hydrogen) atoms. The lowest BCUT2D eigenvalue weighted by Gasteiger charge is -2.24. The molecule has 0 saturated carbocycles. The van der Waals surface area contributed by atoms with Gasteiger partial charge in [-0.25, -0.2) is 15.0 Å². The Balaban J connectivity index is 1.18. The SMILES string of the molecule is c1ccc(C2=NC(c3cccc4cccc(-c5ccc(-c6nc7ccccc7c7ccccc67)cc5)c34)=NC(c3ccccc3)N2)cc1. The molecule has 1 aromatic heterocycles. The van der Waals surface area contributed by atoms with Gasteiger partial charge < -0.3 is 5.32 Å². The van der Waals surface area contributed by atoms with E-state index in [4.69, 9.17) is 15.0 Å². The Morgan fingerprint density at radius 1 is 0.458 bits per heavy atom. The molecule has 9 rings (SSSR count). The Morgan fingerprint density at radius 3 is 1.85 bits per heavy atom. The predicted octanol–water partition coefficient (Wildman–Crippen LogP) is 10.4. The van der Waals surface area contributed by atoms with Crippen LogP contribution >= 0.6 is 0 Å². The van der Waals surface area contributed by atoms with Gasteiger partial charge in [-0.3, -0.25) is 0 Å². The third-order valence-electron chi connectivity index (χ3n) is 9.13. The molecule has 7 aromatic carbocycles. The Kier molecular flexibility index (Phi) is 6.83. The van der Waals surface area contributed by atoms with Gasteiger partial charge in [-0.2, -0.15) is 0 Å². The zero-order valence-corrected chi connectivity index (χ0v) is 26.1. The average molecular weight is 615 g/mol. The summed E-state index contributed by atoms with van der Waals surface area (Å²) >= 11 is 0. The van der Waals surface area contributed by atoms with Crippen LogP contribution in [0.2, 0.25) is 0 Å². The minimum Gasteiger partial charge on any atom is -0.344 e. The fourth-order valence-corrected chi connectivity index (χ4v) is 6.82. The third-order valence-corrected chi connectivity index (χ3v) is 9.13. The maximum absolute atomic E-state index is 5.20. The van der Waals surface area contributed by atoms with E-state index in [1.54, 1.807) is 0 Å². The number of benzene rings is 7. The van der Waals surface area contributed by atoms with Gasteiger partial charge in [0.2, 0.25) is 0 Å². The van der Waals surface area contributed by atoms with Crippen LogP contribution in [0.15, 0.2) is 180 Å². The van der Waals surface area contributed by atoms with Crippen LogP contribution in [0.5, 0.6) is 0 Å². The van der Waals surface area contributed by atoms with E-state index in [-0.39, 0.29) is 6.17 Å². The molecule has 0 saturated heterocycles. The highest BCUT2D eigenvalue weighted by molar-refractivity contribution is 6.20. The summed E-state index contributed by atoms with van der Waals surface area (Å²) in [6, 6.07) is 59.2. The number of aromatic nitrogens is 1. The molecule has 0 bridgehead atoms. The number of amidine groups is 2. The fraction of sp³-hybridized carbons (Fsp3) is 0.0227. The van der Waals surface area contributed by atoms with Gasteiger partial charge >= 0.3 is 0 Å². The summed E-state index contributed by atoms with van der Waals surface area (Å²) in [5.41, 5.74) is 8.47. The zero-order chi connectivity index (χ0) is 31.9. The number of nitrogens with zero attached hydrogens (tertiary/aromatic N) is 3. The topological polar surface area (TPSA) is 49.6 Å². The van der Waals surface area contributed by atoms with Crippen LogP contribution in [0.1, 0.15) is 22.9 Å². The Bertz CT molecular complexity index is 2510. The van der Waals surface area contributed by atoms with E-state index in [1.807, 2.05) is 24.3 Å². The molecule has 1 N–H and O–H groups in total. The van der Waals surface area contributed by atoms with E-state index in [1.165, 1.54) is 10.8 Å². The van der Waals surface area contributed by atoms with Gasteiger partial charge in [-0.05, 0) is 33.5 Å². The van der Waals surface area contributed by atoms with Crippen LogP contribution in [-0.2, 0) is 0 Å². The average Bonchev–Trinajstić information content (AvgIpc) is 3.18. The lowest BCUT2D eigenvalue weighted by molar-refractivity contribution is 0.674. The summed E-state index contributed by atoms with van der Waals surface area (Å²) in [5.74, 6) is 1.52. The molecule has 8 aromatic rings. The van der Waals surface area contributed by atoms with E-state index in [0.29, 0.717) is 5.84 Å². The van der Waals surface area contributed by atoms with Crippen molar-refractivity contribution >= 4 is 44.1 Å². The first-order chi connectivity index (χ1) is 23.8. The first kappa shape index (κ1) is 27.9. The maximum Gasteiger partial charge on any atom is 0.160 e. The summed E-state index contributed by atoms with van der Waals surface area (Å²) in [4.78, 5) is 15.5. The molecule has 0 spiro atoms. The van der Waals surface area contributed by atoms with Gasteiger partial charge in [0.1, 0.15) is 12.0 Å². The molecule has 0 aliphatic carbocycles. The standard InChI is InChI=1S/C44H30N4/c1-3-13-32(14-4-1)42-46-43(33-15-5-2-6-16-33)48-44(47-42)38-23-12-18-30-17-11-22-34(40(30)38)29-25-27-31(28-26-29)41-37-21-8-7-19-35(37)36-20-9-10-24-39(36)45-41/h1-28,42H,(H,46,47,48). The van der Waals surface area contributed by atoms with Crippen LogP contribution < -0.4 is 5.32 Å². The molecule has 0 amide bonds. The second-order valence-corrected chi connectivity index (χ2v) is 12.0. The highest BCUT2D eigenvalue weighted by atomic mass is 15.2. The van der Waals surface area contributed by atoms with Crippen molar-refractivity contribution < 1.29 is 0 Å². The van der Waals surface area contributed by atoms with Gasteiger partial charge in [-0.1, -0.05) is 164 Å². The molecular formula is C44H30N4. The second kappa shape index (κ2) is 11.8. The minimum atomic E-state index is -0.264. The van der Waals surface area contributed by atoms with E-state index in [0.717, 1.165) is 66.6 Å². The quantitative estimate of drug-likeness (QED) is 0.196. The van der Waals surface area contributed by atoms with Crippen molar-refractivity contribution in [2.45, 2.75) is 6.17 Å². The van der Waals surface area contributed by atoms with E-state index < -0.39 is 0 Å². The molecule has 1 aliphatic heterocycles. The van der Waals surface area contributed by atoms with Crippen molar-refractivity contribution in [2.24, 2.45) is 9.98 Å². The van der Waals surface area contributed by atoms with Crippen LogP contribution in [0, 0.1) is 0 Å². The lowest BCUT2D eigenvalue weighted by atomic mass is 9.92. The van der Waals surface area contributed by atoms with E-state index in [9.17, 15) is 0 Å². The molecule has 4 heteroatoms. The first-order valence-electron chi connectivity index (χ1n) is 16.2. The number of hydrogen-bond donors (Lipinski definition) is 1. The van der Waals surface area contributed by atoms with Gasteiger partial charge in [0, 0.05) is 32.8 Å². The molecule has 1 atom stereocenters. The summed E-state index contributed by atoms with van der Waals surface area (Å²) in [6.45, 7) is 0. The number of para-hydroxylation sites is 1. The van der Waals surface area contributed by atoms with Crippen molar-refractivity contribution in [3.63, 3.8) is 0 Å². The van der Waals surface area contributed by atoms with Gasteiger partial charge in [-0.15, -0.1) is 0 Å². The zero-order valence-electron chi connectivity index (χ0n) is 26.1. The molecule has 4 nitrogen and oxygen atoms in total. The largest absolute Gasteiger partial charge is 0.344 e. The Labute approximate surface area is 278 Å². The van der Waals surface area contributed by atoms with Crippen molar-refractivity contribution in [1.82, 2.24) is 10.3 Å². The van der Waals surface area contributed by atoms with Gasteiger partial charge in [0.05, 0.1) is 11.2 Å². The van der Waals surface area contributed by atoms with Crippen molar-refractivity contribution in [3.05, 3.63) is 187 Å². The lowest BCUT2D eigenvalue weighted by Crippen LogP contribution is -2.33. The molecule has 226 valence electrons. The van der Waals surface area contributed by atoms with Crippen LogP contribution in [0.4, 0.5) is 0 Å². The van der Waals surface area contributed by atoms with Crippen LogP contribution in [0.3, 0.4) is 0 Å². The van der Waals surface area contributed by atoms with Gasteiger partial charge in [0.25, 0.3) is 0 Å². The molecular weight excluding hydrogens is 585 g/mol. The van der Waals surface area contributed by atoms with Crippen LogP contribution in [0.25, 0.3) is 54.8 Å². The monoisotopic (exact) mass is 614 g/mol. The summed E-state index contributed by atoms with van der Waals surface area (Å²) in [7, 11) is 0. The van der Waals surface area contributed by atoms with Crippen molar-refractivity contribution in [3.8, 4) is 22.4 Å². The summed E-state index contributed by atoms with van der Waals surface area (Å²) < 4.78 is 0. The van der Waals surface area contributed by atoms with Crippen molar-refractivity contribution in [1.29, 1.82) is 0 Å². The van der Waals surface area contributed by atoms with Crippen LogP contribution in [-0.4, -0.2) is 16.7 Å². The molecule has 0 fully saturated rings. The fourth-order valence-electron chi connectivity index (χ4n) is 6.82. The number of aliphatic imine (C=N–C) groups is 2. The molecule has 2 heterocycles. The number of hydrogen-bond acceptors (Lipinski definition) is 4. The van der Waals surface area contributed by atoms with E-state index in [2.05, 4.69) is 151 Å². The number of fused-ring (bicyclic) bond motifs is 4. The highest BCUT2D eigenvalue weighted by Gasteiger charge is 2.23. The van der Waals surface area contributed by atoms with Gasteiger partial charge in [0.15, 0.2) is 5.84 Å².